The van der Waals surface area contributed by atoms with E-state index in [1.807, 2.05) is 19.0 Å². The summed E-state index contributed by atoms with van der Waals surface area (Å²) >= 11 is 0. The first-order valence-electron chi connectivity index (χ1n) is 4.04. The molecule has 0 amide bonds. The highest BCUT2D eigenvalue weighted by Gasteiger charge is 1.99. The van der Waals surface area contributed by atoms with Crippen molar-refractivity contribution in [1.29, 1.82) is 0 Å². The van der Waals surface area contributed by atoms with Crippen LogP contribution in [0.5, 0.6) is 0 Å². The number of H-pyrrole nitrogens is 1. The average molecular weight is 183 g/mol. The monoisotopic (exact) mass is 183 g/mol. The molecule has 0 atom stereocenters. The molecule has 13 heavy (non-hydrogen) atoms. The average Bonchev–Trinajstić information content (AvgIpc) is 2.03. The number of aromatic amines is 1. The summed E-state index contributed by atoms with van der Waals surface area (Å²) in [6, 6.07) is 1.34. The highest BCUT2D eigenvalue weighted by Crippen LogP contribution is 1.76. The van der Waals surface area contributed by atoms with Crippen molar-refractivity contribution in [2.24, 2.45) is 0 Å². The third-order valence-corrected chi connectivity index (χ3v) is 1.71. The number of aromatic nitrogens is 2. The van der Waals surface area contributed by atoms with Gasteiger partial charge in [0.05, 0.1) is 0 Å². The minimum Gasteiger partial charge on any atom is -0.314 e. The van der Waals surface area contributed by atoms with Crippen molar-refractivity contribution in [2.75, 3.05) is 20.6 Å². The predicted octanol–water partition coefficient (Wildman–Crippen LogP) is -0.902. The Balaban J connectivity index is 2.88. The first-order valence-corrected chi connectivity index (χ1v) is 4.04. The smallest absolute Gasteiger partial charge is 0.314 e. The predicted molar refractivity (Wildman–Crippen MR) is 49.9 cm³/mol. The van der Waals surface area contributed by atoms with Crippen LogP contribution in [0.25, 0.3) is 0 Å². The largest absolute Gasteiger partial charge is 0.328 e. The van der Waals surface area contributed by atoms with Gasteiger partial charge in [0.2, 0.25) is 0 Å². The van der Waals surface area contributed by atoms with Crippen molar-refractivity contribution < 1.29 is 0 Å². The molecule has 5 heteroatoms. The van der Waals surface area contributed by atoms with Crippen molar-refractivity contribution in [3.8, 4) is 0 Å². The lowest BCUT2D eigenvalue weighted by atomic mass is 10.5. The molecule has 0 aliphatic carbocycles. The van der Waals surface area contributed by atoms with E-state index in [0.29, 0.717) is 13.1 Å². The van der Waals surface area contributed by atoms with Crippen LogP contribution in [0.2, 0.25) is 0 Å². The van der Waals surface area contributed by atoms with Gasteiger partial charge in [0.25, 0.3) is 5.56 Å². The Kier molecular flexibility index (Phi) is 3.02. The summed E-state index contributed by atoms with van der Waals surface area (Å²) in [5.74, 6) is 0. The maximum absolute atomic E-state index is 11.2. The third kappa shape index (κ3) is 2.55. The molecule has 5 nitrogen and oxygen atoms in total. The molecule has 0 aliphatic rings. The molecule has 0 aliphatic heterocycles. The Morgan fingerprint density at radius 2 is 2.15 bits per heavy atom. The van der Waals surface area contributed by atoms with Crippen LogP contribution in [0.1, 0.15) is 0 Å². The van der Waals surface area contributed by atoms with Crippen molar-refractivity contribution >= 4 is 0 Å². The van der Waals surface area contributed by atoms with Gasteiger partial charge in [0.1, 0.15) is 0 Å². The van der Waals surface area contributed by atoms with Crippen molar-refractivity contribution in [1.82, 2.24) is 14.5 Å². The lowest BCUT2D eigenvalue weighted by molar-refractivity contribution is 0.376. The van der Waals surface area contributed by atoms with Gasteiger partial charge in [-0.05, 0) is 14.1 Å². The third-order valence-electron chi connectivity index (χ3n) is 1.71. The van der Waals surface area contributed by atoms with E-state index >= 15 is 0 Å². The van der Waals surface area contributed by atoms with Crippen LogP contribution in [0.3, 0.4) is 0 Å². The topological polar surface area (TPSA) is 58.1 Å². The summed E-state index contributed by atoms with van der Waals surface area (Å²) < 4.78 is 1.18. The fraction of sp³-hybridized carbons (Fsp3) is 0.500. The second-order valence-corrected chi connectivity index (χ2v) is 3.08. The molecule has 1 aromatic rings. The Hall–Kier alpha value is -1.36. The van der Waals surface area contributed by atoms with Gasteiger partial charge in [0, 0.05) is 25.4 Å². The summed E-state index contributed by atoms with van der Waals surface area (Å²) in [6.45, 7) is 1.09. The van der Waals surface area contributed by atoms with E-state index in [1.54, 1.807) is 0 Å². The zero-order valence-corrected chi connectivity index (χ0v) is 7.78. The first-order chi connectivity index (χ1) is 6.11. The van der Waals surface area contributed by atoms with Crippen LogP contribution in [0.15, 0.2) is 21.9 Å². The molecule has 0 radical (unpaired) electrons. The molecule has 1 rings (SSSR count). The summed E-state index contributed by atoms with van der Waals surface area (Å²) in [5.41, 5.74) is -0.611. The standard InChI is InChI=1S/C8H13N3O2/c1-10(2)5-6-11-7(12)3-4-9-8(11)13/h3-4H,5-6H2,1-2H3,(H,9,13). The summed E-state index contributed by atoms with van der Waals surface area (Å²) in [4.78, 5) is 26.7. The molecular formula is C8H13N3O2. The Morgan fingerprint density at radius 3 is 2.69 bits per heavy atom. The molecule has 72 valence electrons. The molecule has 1 N–H and O–H groups in total. The number of nitrogens with one attached hydrogen (secondary N) is 1. The first kappa shape index (κ1) is 9.73. The SMILES string of the molecule is CN(C)CCn1c(=O)cc[nH]c1=O. The lowest BCUT2D eigenvalue weighted by Gasteiger charge is -2.09. The van der Waals surface area contributed by atoms with Crippen molar-refractivity contribution in [3.05, 3.63) is 33.1 Å². The maximum atomic E-state index is 11.2. The van der Waals surface area contributed by atoms with E-state index in [0.717, 1.165) is 0 Å². The Bertz CT molecular complexity index is 349. The highest BCUT2D eigenvalue weighted by atomic mass is 16.2. The van der Waals surface area contributed by atoms with E-state index in [2.05, 4.69) is 4.98 Å². The van der Waals surface area contributed by atoms with Gasteiger partial charge < -0.3 is 9.88 Å². The van der Waals surface area contributed by atoms with Gasteiger partial charge in [-0.25, -0.2) is 4.79 Å². The molecule has 0 fully saturated rings. The van der Waals surface area contributed by atoms with Gasteiger partial charge in [-0.15, -0.1) is 0 Å². The van der Waals surface area contributed by atoms with Gasteiger partial charge in [-0.1, -0.05) is 0 Å². The Labute approximate surface area is 75.6 Å². The normalized spacial score (nSPS) is 10.7. The van der Waals surface area contributed by atoms with Crippen LogP contribution in [0, 0.1) is 0 Å². The number of hydrogen-bond donors (Lipinski definition) is 1. The van der Waals surface area contributed by atoms with E-state index < -0.39 is 0 Å². The van der Waals surface area contributed by atoms with E-state index in [-0.39, 0.29) is 11.2 Å². The molecule has 0 unspecified atom stereocenters. The summed E-state index contributed by atoms with van der Waals surface area (Å²) in [5, 5.41) is 0. The minimum absolute atomic E-state index is 0.259. The molecule has 0 saturated heterocycles. The molecule has 1 heterocycles. The maximum Gasteiger partial charge on any atom is 0.328 e. The van der Waals surface area contributed by atoms with E-state index in [4.69, 9.17) is 0 Å². The number of rotatable bonds is 3. The molecule has 1 aromatic heterocycles. The van der Waals surface area contributed by atoms with Gasteiger partial charge in [0.15, 0.2) is 0 Å². The van der Waals surface area contributed by atoms with Crippen molar-refractivity contribution in [2.45, 2.75) is 6.54 Å². The van der Waals surface area contributed by atoms with Crippen LogP contribution in [-0.2, 0) is 6.54 Å². The van der Waals surface area contributed by atoms with Crippen molar-refractivity contribution in [3.63, 3.8) is 0 Å². The molecule has 0 spiro atoms. The minimum atomic E-state index is -0.352. The lowest BCUT2D eigenvalue weighted by Crippen LogP contribution is -2.36. The van der Waals surface area contributed by atoms with E-state index in [9.17, 15) is 9.59 Å². The van der Waals surface area contributed by atoms with Crippen LogP contribution < -0.4 is 11.2 Å². The molecule has 0 bridgehead atoms. The Morgan fingerprint density at radius 1 is 1.46 bits per heavy atom. The number of hydrogen-bond acceptors (Lipinski definition) is 3. The number of likely N-dealkylation sites (N-methyl/N-ethyl adjacent to an activating group) is 1. The molecule has 0 saturated carbocycles. The highest BCUT2D eigenvalue weighted by molar-refractivity contribution is 4.82. The van der Waals surface area contributed by atoms with Crippen LogP contribution in [0.4, 0.5) is 0 Å². The van der Waals surface area contributed by atoms with Gasteiger partial charge >= 0.3 is 5.69 Å². The van der Waals surface area contributed by atoms with Crippen LogP contribution >= 0.6 is 0 Å². The summed E-state index contributed by atoms with van der Waals surface area (Å²) in [7, 11) is 3.78. The molecule has 0 aromatic carbocycles. The second-order valence-electron chi connectivity index (χ2n) is 3.08. The zero-order chi connectivity index (χ0) is 9.84. The quantitative estimate of drug-likeness (QED) is 0.660. The van der Waals surface area contributed by atoms with Gasteiger partial charge in [-0.3, -0.25) is 9.36 Å². The van der Waals surface area contributed by atoms with E-state index in [1.165, 1.54) is 16.8 Å². The second kappa shape index (κ2) is 4.04. The van der Waals surface area contributed by atoms with Gasteiger partial charge in [-0.2, -0.15) is 0 Å². The fourth-order valence-corrected chi connectivity index (χ4v) is 0.964. The fourth-order valence-electron chi connectivity index (χ4n) is 0.964. The van der Waals surface area contributed by atoms with Crippen LogP contribution in [-0.4, -0.2) is 35.1 Å². The zero-order valence-electron chi connectivity index (χ0n) is 7.78. The number of nitrogens with zero attached hydrogens (tertiary/aromatic N) is 2. The summed E-state index contributed by atoms with van der Waals surface area (Å²) in [6.07, 6.45) is 1.36. The molecular weight excluding hydrogens is 170 g/mol.